The van der Waals surface area contributed by atoms with Gasteiger partial charge in [0.1, 0.15) is 17.7 Å². The molecule has 0 aliphatic carbocycles. The molecule has 2 heterocycles. The zero-order chi connectivity index (χ0) is 24.1. The predicted molar refractivity (Wildman–Crippen MR) is 143 cm³/mol. The summed E-state index contributed by atoms with van der Waals surface area (Å²) in [6.45, 7) is 8.18. The Morgan fingerprint density at radius 2 is 1.94 bits per heavy atom. The van der Waals surface area contributed by atoms with Gasteiger partial charge in [0.05, 0.1) is 5.04 Å². The molecule has 1 saturated heterocycles. The lowest BCUT2D eigenvalue weighted by molar-refractivity contribution is 0.102. The maximum absolute atomic E-state index is 12.9. The lowest BCUT2D eigenvalue weighted by atomic mass is 10.1. The Kier molecular flexibility index (Phi) is 7.65. The molecular weight excluding hydrogens is 444 g/mol. The highest BCUT2D eigenvalue weighted by atomic mass is 32.2. The number of carbonyl (C=O) groups is 1. The van der Waals surface area contributed by atoms with Gasteiger partial charge in [0.25, 0.3) is 5.91 Å². The average molecular weight is 475 g/mol. The minimum absolute atomic E-state index is 0.186. The molecule has 1 amide bonds. The Morgan fingerprint density at radius 3 is 2.71 bits per heavy atom. The summed E-state index contributed by atoms with van der Waals surface area (Å²) in [7, 11) is 3.90. The molecule has 34 heavy (non-hydrogen) atoms. The number of nitrogens with zero attached hydrogens (tertiary/aromatic N) is 3. The lowest BCUT2D eigenvalue weighted by Crippen LogP contribution is -2.35. The normalized spacial score (nSPS) is 15.3. The van der Waals surface area contributed by atoms with Gasteiger partial charge in [-0.1, -0.05) is 36.5 Å². The summed E-state index contributed by atoms with van der Waals surface area (Å²) in [5.41, 5.74) is 1.56. The van der Waals surface area contributed by atoms with Crippen molar-refractivity contribution in [3.63, 3.8) is 0 Å². The number of hydrogen-bond acceptors (Lipinski definition) is 6. The van der Waals surface area contributed by atoms with Gasteiger partial charge in [-0.25, -0.2) is 4.98 Å². The second kappa shape index (κ2) is 10.8. The van der Waals surface area contributed by atoms with E-state index in [2.05, 4.69) is 39.9 Å². The number of thioether (sulfide) groups is 1. The SMILES string of the molecule is C=C(S/C(C)=N\C)c1ccc2cnc(NC(=O)c3cccc(OC4CCN(C)CC4)c3)cc2c1. The smallest absolute Gasteiger partial charge is 0.256 e. The summed E-state index contributed by atoms with van der Waals surface area (Å²) in [6.07, 6.45) is 3.94. The number of benzene rings is 2. The monoisotopic (exact) mass is 474 g/mol. The summed E-state index contributed by atoms with van der Waals surface area (Å²) in [4.78, 5) is 24.8. The van der Waals surface area contributed by atoms with Crippen molar-refractivity contribution in [2.75, 3.05) is 32.5 Å². The van der Waals surface area contributed by atoms with Crippen LogP contribution in [0.25, 0.3) is 15.7 Å². The molecule has 6 nitrogen and oxygen atoms in total. The Bertz CT molecular complexity index is 1230. The van der Waals surface area contributed by atoms with E-state index < -0.39 is 0 Å². The molecule has 7 heteroatoms. The van der Waals surface area contributed by atoms with E-state index in [1.807, 2.05) is 37.3 Å². The van der Waals surface area contributed by atoms with Crippen molar-refractivity contribution in [1.82, 2.24) is 9.88 Å². The first-order valence-electron chi connectivity index (χ1n) is 11.4. The van der Waals surface area contributed by atoms with E-state index in [9.17, 15) is 4.79 Å². The van der Waals surface area contributed by atoms with Crippen LogP contribution in [0.5, 0.6) is 5.75 Å². The number of anilines is 1. The largest absolute Gasteiger partial charge is 0.490 e. The van der Waals surface area contributed by atoms with Crippen LogP contribution < -0.4 is 10.1 Å². The van der Waals surface area contributed by atoms with Gasteiger partial charge in [-0.2, -0.15) is 0 Å². The summed E-state index contributed by atoms with van der Waals surface area (Å²) in [5.74, 6) is 1.01. The van der Waals surface area contributed by atoms with E-state index in [-0.39, 0.29) is 12.0 Å². The topological polar surface area (TPSA) is 66.8 Å². The lowest BCUT2D eigenvalue weighted by Gasteiger charge is -2.29. The molecule has 0 radical (unpaired) electrons. The molecule has 1 N–H and O–H groups in total. The number of ether oxygens (including phenoxy) is 1. The van der Waals surface area contributed by atoms with Crippen LogP contribution in [0, 0.1) is 0 Å². The molecule has 0 unspecified atom stereocenters. The van der Waals surface area contributed by atoms with Gasteiger partial charge in [0.15, 0.2) is 0 Å². The second-order valence-corrected chi connectivity index (χ2v) is 9.79. The number of aliphatic imine (C=N–C) groups is 1. The van der Waals surface area contributed by atoms with Crippen LogP contribution in [0.15, 0.2) is 66.3 Å². The number of likely N-dealkylation sites (tertiary alicyclic amines) is 1. The van der Waals surface area contributed by atoms with Crippen molar-refractivity contribution in [1.29, 1.82) is 0 Å². The summed E-state index contributed by atoms with van der Waals surface area (Å²) >= 11 is 1.54. The summed E-state index contributed by atoms with van der Waals surface area (Å²) in [5, 5.41) is 5.85. The molecular formula is C27H30N4O2S. The average Bonchev–Trinajstić information content (AvgIpc) is 2.85. The van der Waals surface area contributed by atoms with Crippen LogP contribution in [0.2, 0.25) is 0 Å². The summed E-state index contributed by atoms with van der Waals surface area (Å²) in [6, 6.07) is 15.3. The molecule has 1 aromatic heterocycles. The number of nitrogens with one attached hydrogen (secondary N) is 1. The van der Waals surface area contributed by atoms with Crippen LogP contribution in [-0.4, -0.2) is 54.1 Å². The highest BCUT2D eigenvalue weighted by Gasteiger charge is 2.18. The molecule has 0 saturated carbocycles. The number of aromatic nitrogens is 1. The fourth-order valence-electron chi connectivity index (χ4n) is 3.86. The molecule has 4 rings (SSSR count). The van der Waals surface area contributed by atoms with Crippen LogP contribution in [0.4, 0.5) is 5.82 Å². The van der Waals surface area contributed by atoms with Gasteiger partial charge in [-0.15, -0.1) is 0 Å². The van der Waals surface area contributed by atoms with E-state index in [1.54, 1.807) is 37.1 Å². The Labute approximate surface area is 205 Å². The third-order valence-electron chi connectivity index (χ3n) is 5.94. The molecule has 2 aromatic carbocycles. The molecule has 1 fully saturated rings. The van der Waals surface area contributed by atoms with Gasteiger partial charge in [-0.3, -0.25) is 9.79 Å². The Morgan fingerprint density at radius 1 is 1.15 bits per heavy atom. The standard InChI is InChI=1S/C27H30N4O2S/c1-18(34-19(2)28-3)20-8-9-22-17-29-26(16-23(22)14-20)30-27(32)21-6-5-7-25(15-21)33-24-10-12-31(4)13-11-24/h5-9,14-17,24H,1,10-13H2,2-4H3,(H,29,30,32)/b28-19-. The van der Waals surface area contributed by atoms with Crippen molar-refractivity contribution in [3.05, 3.63) is 72.4 Å². The highest BCUT2D eigenvalue weighted by Crippen LogP contribution is 2.30. The molecule has 1 aliphatic rings. The fourth-order valence-corrected chi connectivity index (χ4v) is 4.55. The van der Waals surface area contributed by atoms with Crippen molar-refractivity contribution >= 4 is 44.2 Å². The minimum Gasteiger partial charge on any atom is -0.490 e. The van der Waals surface area contributed by atoms with Gasteiger partial charge in [0, 0.05) is 42.2 Å². The van der Waals surface area contributed by atoms with Gasteiger partial charge < -0.3 is 15.0 Å². The van der Waals surface area contributed by atoms with Gasteiger partial charge in [-0.05, 0) is 68.1 Å². The van der Waals surface area contributed by atoms with Gasteiger partial charge in [0.2, 0.25) is 0 Å². The van der Waals surface area contributed by atoms with Crippen LogP contribution in [-0.2, 0) is 0 Å². The number of pyridine rings is 1. The van der Waals surface area contributed by atoms with Crippen LogP contribution in [0.3, 0.4) is 0 Å². The number of carbonyl (C=O) groups excluding carboxylic acids is 1. The zero-order valence-electron chi connectivity index (χ0n) is 19.9. The first-order chi connectivity index (χ1) is 16.4. The van der Waals surface area contributed by atoms with E-state index in [1.165, 1.54) is 0 Å². The second-order valence-electron chi connectivity index (χ2n) is 8.50. The highest BCUT2D eigenvalue weighted by molar-refractivity contribution is 8.21. The first kappa shape index (κ1) is 24.0. The third-order valence-corrected chi connectivity index (χ3v) is 6.90. The number of rotatable bonds is 6. The van der Waals surface area contributed by atoms with E-state index in [0.717, 1.165) is 58.0 Å². The van der Waals surface area contributed by atoms with E-state index in [4.69, 9.17) is 4.74 Å². The number of fused-ring (bicyclic) bond motifs is 1. The predicted octanol–water partition coefficient (Wildman–Crippen LogP) is 5.71. The van der Waals surface area contributed by atoms with Crippen molar-refractivity contribution in [3.8, 4) is 5.75 Å². The quantitative estimate of drug-likeness (QED) is 0.366. The summed E-state index contributed by atoms with van der Waals surface area (Å²) < 4.78 is 6.13. The zero-order valence-corrected chi connectivity index (χ0v) is 20.7. The van der Waals surface area contributed by atoms with Crippen LogP contribution in [0.1, 0.15) is 35.7 Å². The Hall–Kier alpha value is -3.16. The third kappa shape index (κ3) is 6.04. The first-order valence-corrected chi connectivity index (χ1v) is 12.2. The molecule has 0 spiro atoms. The van der Waals surface area contributed by atoms with E-state index >= 15 is 0 Å². The number of amides is 1. The van der Waals surface area contributed by atoms with Crippen molar-refractivity contribution in [2.45, 2.75) is 25.9 Å². The van der Waals surface area contributed by atoms with Crippen molar-refractivity contribution < 1.29 is 9.53 Å². The minimum atomic E-state index is -0.216. The molecule has 0 atom stereocenters. The van der Waals surface area contributed by atoms with Gasteiger partial charge >= 0.3 is 0 Å². The fraction of sp³-hybridized carbons (Fsp3) is 0.296. The number of hydrogen-bond donors (Lipinski definition) is 1. The molecule has 0 bridgehead atoms. The Balaban J connectivity index is 1.46. The van der Waals surface area contributed by atoms with Crippen LogP contribution >= 0.6 is 11.8 Å². The number of piperidine rings is 1. The molecule has 1 aliphatic heterocycles. The van der Waals surface area contributed by atoms with Crippen molar-refractivity contribution in [2.24, 2.45) is 4.99 Å². The maximum Gasteiger partial charge on any atom is 0.256 e. The van der Waals surface area contributed by atoms with E-state index in [0.29, 0.717) is 11.4 Å². The molecule has 3 aromatic rings. The maximum atomic E-state index is 12.9. The molecule has 176 valence electrons.